The highest BCUT2D eigenvalue weighted by atomic mass is 35.5. The Kier molecular flexibility index (Phi) is 7.20. The third-order valence-corrected chi connectivity index (χ3v) is 5.00. The Balaban J connectivity index is 1.75. The molecule has 0 fully saturated rings. The maximum atomic E-state index is 12.8. The summed E-state index contributed by atoms with van der Waals surface area (Å²) in [5.74, 6) is -0.0915. The molecule has 0 atom stereocenters. The fraction of sp³-hybridized carbons (Fsp3) is 0.227. The van der Waals surface area contributed by atoms with Crippen LogP contribution in [-0.4, -0.2) is 40.6 Å². The second-order valence-corrected chi connectivity index (χ2v) is 7.78. The zero-order valence-electron chi connectivity index (χ0n) is 17.4. The average Bonchev–Trinajstić information content (AvgIpc) is 3.15. The quantitative estimate of drug-likeness (QED) is 0.552. The number of nitrogens with one attached hydrogen (secondary N) is 1. The van der Waals surface area contributed by atoms with Gasteiger partial charge in [-0.1, -0.05) is 35.3 Å². The molecule has 1 aromatic heterocycles. The molecule has 0 saturated heterocycles. The second kappa shape index (κ2) is 9.85. The van der Waals surface area contributed by atoms with Gasteiger partial charge in [0.05, 0.1) is 16.9 Å². The van der Waals surface area contributed by atoms with Crippen molar-refractivity contribution in [3.05, 3.63) is 75.5 Å². The molecule has 0 radical (unpaired) electrons. The Morgan fingerprint density at radius 2 is 1.94 bits per heavy atom. The molecule has 0 aliphatic heterocycles. The van der Waals surface area contributed by atoms with Crippen molar-refractivity contribution in [1.29, 1.82) is 0 Å². The summed E-state index contributed by atoms with van der Waals surface area (Å²) in [5, 5.41) is 7.91. The second-order valence-electron chi connectivity index (χ2n) is 6.94. The molecule has 2 aromatic carbocycles. The van der Waals surface area contributed by atoms with Gasteiger partial charge in [0.15, 0.2) is 0 Å². The van der Waals surface area contributed by atoms with Gasteiger partial charge >= 0.3 is 0 Å². The van der Waals surface area contributed by atoms with Crippen molar-refractivity contribution in [2.75, 3.05) is 19.4 Å². The summed E-state index contributed by atoms with van der Waals surface area (Å²) in [6.07, 6.45) is 1.48. The van der Waals surface area contributed by atoms with E-state index in [4.69, 9.17) is 27.9 Å². The predicted octanol–water partition coefficient (Wildman–Crippen LogP) is 4.74. The van der Waals surface area contributed by atoms with Gasteiger partial charge in [-0.3, -0.25) is 14.3 Å². The Bertz CT molecular complexity index is 1110. The summed E-state index contributed by atoms with van der Waals surface area (Å²) in [5.41, 5.74) is 1.90. The molecule has 7 nitrogen and oxygen atoms in total. The number of halogens is 2. The lowest BCUT2D eigenvalue weighted by Crippen LogP contribution is -2.26. The van der Waals surface area contributed by atoms with E-state index in [2.05, 4.69) is 10.4 Å². The molecule has 162 valence electrons. The number of hydrogen-bond acceptors (Lipinski definition) is 4. The van der Waals surface area contributed by atoms with Crippen molar-refractivity contribution < 1.29 is 14.3 Å². The van der Waals surface area contributed by atoms with E-state index in [9.17, 15) is 9.59 Å². The van der Waals surface area contributed by atoms with Gasteiger partial charge in [0, 0.05) is 31.2 Å². The van der Waals surface area contributed by atoms with Gasteiger partial charge in [-0.15, -0.1) is 0 Å². The molecule has 0 aliphatic carbocycles. The summed E-state index contributed by atoms with van der Waals surface area (Å²) in [7, 11) is 3.30. The first-order valence-corrected chi connectivity index (χ1v) is 10.3. The molecule has 0 aliphatic rings. The number of carbonyl (C=O) groups is 2. The smallest absolute Gasteiger partial charge is 0.273 e. The molecule has 0 unspecified atom stereocenters. The van der Waals surface area contributed by atoms with Gasteiger partial charge in [-0.2, -0.15) is 5.10 Å². The molecule has 31 heavy (non-hydrogen) atoms. The first kappa shape index (κ1) is 22.7. The van der Waals surface area contributed by atoms with Crippen LogP contribution < -0.4 is 10.1 Å². The zero-order chi connectivity index (χ0) is 22.5. The largest absolute Gasteiger partial charge is 0.487 e. The fourth-order valence-electron chi connectivity index (χ4n) is 2.90. The van der Waals surface area contributed by atoms with Gasteiger partial charge in [0.25, 0.3) is 11.8 Å². The van der Waals surface area contributed by atoms with Gasteiger partial charge in [-0.25, -0.2) is 0 Å². The van der Waals surface area contributed by atoms with Crippen molar-refractivity contribution in [2.24, 2.45) is 0 Å². The van der Waals surface area contributed by atoms with Crippen LogP contribution in [0.25, 0.3) is 0 Å². The van der Waals surface area contributed by atoms with E-state index < -0.39 is 0 Å². The van der Waals surface area contributed by atoms with Crippen molar-refractivity contribution in [1.82, 2.24) is 14.7 Å². The first-order valence-electron chi connectivity index (χ1n) is 9.55. The molecule has 0 bridgehead atoms. The number of benzene rings is 2. The van der Waals surface area contributed by atoms with Gasteiger partial charge in [-0.05, 0) is 42.8 Å². The number of rotatable bonds is 7. The lowest BCUT2D eigenvalue weighted by molar-refractivity contribution is 0.0816. The van der Waals surface area contributed by atoms with E-state index in [-0.39, 0.29) is 18.4 Å². The van der Waals surface area contributed by atoms with Crippen LogP contribution in [0.5, 0.6) is 5.75 Å². The molecule has 1 heterocycles. The number of anilines is 1. The third-order valence-electron chi connectivity index (χ3n) is 4.47. The minimum absolute atomic E-state index is 0.223. The molecule has 3 aromatic rings. The fourth-order valence-corrected chi connectivity index (χ4v) is 3.37. The van der Waals surface area contributed by atoms with Crippen LogP contribution in [-0.2, 0) is 13.2 Å². The highest BCUT2D eigenvalue weighted by molar-refractivity contribution is 6.35. The predicted molar refractivity (Wildman–Crippen MR) is 121 cm³/mol. The Morgan fingerprint density at radius 3 is 2.61 bits per heavy atom. The summed E-state index contributed by atoms with van der Waals surface area (Å²) in [6.45, 7) is 2.60. The zero-order valence-corrected chi connectivity index (χ0v) is 18.9. The van der Waals surface area contributed by atoms with Crippen molar-refractivity contribution in [2.45, 2.75) is 20.1 Å². The van der Waals surface area contributed by atoms with E-state index in [0.29, 0.717) is 39.3 Å². The normalized spacial score (nSPS) is 10.6. The maximum Gasteiger partial charge on any atom is 0.273 e. The number of aryl methyl sites for hydroxylation is 1. The molecule has 2 amide bonds. The van der Waals surface area contributed by atoms with Crippen LogP contribution in [0.1, 0.15) is 33.3 Å². The molecule has 1 N–H and O–H groups in total. The van der Waals surface area contributed by atoms with Crippen LogP contribution >= 0.6 is 23.2 Å². The SMILES string of the molecule is CCn1ncc(NC(=O)c2cccc(COc3ccc(Cl)cc3Cl)c2)c1C(=O)N(C)C. The van der Waals surface area contributed by atoms with Gasteiger partial charge in [0.1, 0.15) is 18.1 Å². The van der Waals surface area contributed by atoms with E-state index in [1.807, 2.05) is 13.0 Å². The minimum atomic E-state index is -0.352. The Labute approximate surface area is 190 Å². The molecule has 3 rings (SSSR count). The number of ether oxygens (including phenoxy) is 1. The summed E-state index contributed by atoms with van der Waals surface area (Å²) >= 11 is 12.0. The number of amides is 2. The maximum absolute atomic E-state index is 12.8. The van der Waals surface area contributed by atoms with E-state index in [1.54, 1.807) is 55.2 Å². The van der Waals surface area contributed by atoms with Gasteiger partial charge in [0.2, 0.25) is 0 Å². The van der Waals surface area contributed by atoms with Crippen LogP contribution in [0.15, 0.2) is 48.7 Å². The van der Waals surface area contributed by atoms with E-state index in [0.717, 1.165) is 5.56 Å². The standard InChI is InChI=1S/C22H22Cl2N4O3/c1-4-28-20(22(30)27(2)3)18(12-25-28)26-21(29)15-7-5-6-14(10-15)13-31-19-9-8-16(23)11-17(19)24/h5-12H,4,13H2,1-3H3,(H,26,29). The number of carbonyl (C=O) groups excluding carboxylic acids is 2. The van der Waals surface area contributed by atoms with E-state index in [1.165, 1.54) is 11.1 Å². The number of aromatic nitrogens is 2. The van der Waals surface area contributed by atoms with Gasteiger partial charge < -0.3 is 15.0 Å². The topological polar surface area (TPSA) is 76.5 Å². The summed E-state index contributed by atoms with van der Waals surface area (Å²) < 4.78 is 7.29. The van der Waals surface area contributed by atoms with Crippen molar-refractivity contribution >= 4 is 40.7 Å². The van der Waals surface area contributed by atoms with E-state index >= 15 is 0 Å². The monoisotopic (exact) mass is 460 g/mol. The molecular formula is C22H22Cl2N4O3. The minimum Gasteiger partial charge on any atom is -0.487 e. The Hall–Kier alpha value is -3.03. The van der Waals surface area contributed by atoms with Crippen molar-refractivity contribution in [3.63, 3.8) is 0 Å². The average molecular weight is 461 g/mol. The van der Waals surface area contributed by atoms with Crippen LogP contribution in [0, 0.1) is 0 Å². The third kappa shape index (κ3) is 5.37. The van der Waals surface area contributed by atoms with Crippen LogP contribution in [0.3, 0.4) is 0 Å². The lowest BCUT2D eigenvalue weighted by atomic mass is 10.1. The number of nitrogens with zero attached hydrogens (tertiary/aromatic N) is 3. The lowest BCUT2D eigenvalue weighted by Gasteiger charge is -2.14. The summed E-state index contributed by atoms with van der Waals surface area (Å²) in [6, 6.07) is 12.0. The Morgan fingerprint density at radius 1 is 1.16 bits per heavy atom. The highest BCUT2D eigenvalue weighted by Crippen LogP contribution is 2.28. The number of hydrogen-bond donors (Lipinski definition) is 1. The molecular weight excluding hydrogens is 439 g/mol. The summed E-state index contributed by atoms with van der Waals surface area (Å²) in [4.78, 5) is 26.8. The van der Waals surface area contributed by atoms with Crippen LogP contribution in [0.4, 0.5) is 5.69 Å². The first-order chi connectivity index (χ1) is 14.8. The molecule has 0 spiro atoms. The highest BCUT2D eigenvalue weighted by Gasteiger charge is 2.21. The molecule has 0 saturated carbocycles. The van der Waals surface area contributed by atoms with Crippen LogP contribution in [0.2, 0.25) is 10.0 Å². The van der Waals surface area contributed by atoms with Crippen molar-refractivity contribution in [3.8, 4) is 5.75 Å². The molecule has 9 heteroatoms.